The highest BCUT2D eigenvalue weighted by Crippen LogP contribution is 2.44. The van der Waals surface area contributed by atoms with E-state index in [1.54, 1.807) is 18.1 Å². The number of rotatable bonds is 3. The Morgan fingerprint density at radius 2 is 1.97 bits per heavy atom. The Hall–Kier alpha value is -2.71. The molecule has 3 heterocycles. The number of hydrogen-bond acceptors (Lipinski definition) is 7. The monoisotopic (exact) mass is 398 g/mol. The molecule has 152 valence electrons. The average molecular weight is 398 g/mol. The maximum absolute atomic E-state index is 12.7. The number of nitrogens with zero attached hydrogens (tertiary/aromatic N) is 2. The zero-order chi connectivity index (χ0) is 20.0. The highest BCUT2D eigenvalue weighted by molar-refractivity contribution is 6.39. The molecule has 0 aromatic heterocycles. The fourth-order valence-electron chi connectivity index (χ4n) is 4.29. The summed E-state index contributed by atoms with van der Waals surface area (Å²) in [5.74, 6) is 0.433. The zero-order valence-electron chi connectivity index (χ0n) is 16.1. The van der Waals surface area contributed by atoms with Crippen LogP contribution in [-0.4, -0.2) is 60.3 Å². The molecule has 0 N–H and O–H groups in total. The molecular weight excluding hydrogens is 376 g/mol. The van der Waals surface area contributed by atoms with E-state index in [0.717, 1.165) is 37.2 Å². The van der Waals surface area contributed by atoms with Crippen LogP contribution in [0.3, 0.4) is 0 Å². The van der Waals surface area contributed by atoms with Crippen LogP contribution in [0.5, 0.6) is 5.75 Å². The second kappa shape index (κ2) is 6.96. The van der Waals surface area contributed by atoms with Crippen molar-refractivity contribution in [1.29, 1.82) is 0 Å². The predicted octanol–water partition coefficient (Wildman–Crippen LogP) is 1.75. The van der Waals surface area contributed by atoms with Crippen LogP contribution in [0.25, 0.3) is 0 Å². The van der Waals surface area contributed by atoms with Gasteiger partial charge in [0.1, 0.15) is 17.6 Å². The highest BCUT2D eigenvalue weighted by Gasteiger charge is 2.59. The fraction of sp³-hybridized carbons (Fsp3) is 0.476. The lowest BCUT2D eigenvalue weighted by atomic mass is 9.82. The molecule has 1 amide bonds. The topological polar surface area (TPSA) is 86.7 Å². The summed E-state index contributed by atoms with van der Waals surface area (Å²) in [7, 11) is 1.60. The van der Waals surface area contributed by atoms with Gasteiger partial charge in [0.25, 0.3) is 5.91 Å². The molecule has 1 aromatic carbocycles. The molecule has 4 atom stereocenters. The van der Waals surface area contributed by atoms with Gasteiger partial charge in [0.15, 0.2) is 23.8 Å². The van der Waals surface area contributed by atoms with Crippen LogP contribution >= 0.6 is 0 Å². The molecule has 1 aromatic rings. The number of ketones is 1. The second-order valence-electron chi connectivity index (χ2n) is 7.71. The van der Waals surface area contributed by atoms with Crippen LogP contribution < -0.4 is 4.74 Å². The van der Waals surface area contributed by atoms with Gasteiger partial charge in [-0.25, -0.2) is 0 Å². The minimum absolute atomic E-state index is 0.105. The molecule has 3 aliphatic heterocycles. The summed E-state index contributed by atoms with van der Waals surface area (Å²) in [6, 6.07) is 7.28. The summed E-state index contributed by atoms with van der Waals surface area (Å²) in [6.07, 6.45) is 3.17. The van der Waals surface area contributed by atoms with Gasteiger partial charge in [0, 0.05) is 25.1 Å². The normalized spacial score (nSPS) is 33.0. The number of carbonyl (C=O) groups excluding carboxylic acids is 2. The number of hydrogen-bond donors (Lipinski definition) is 0. The van der Waals surface area contributed by atoms with Gasteiger partial charge in [-0.1, -0.05) is 17.3 Å². The first-order valence-corrected chi connectivity index (χ1v) is 9.82. The number of carbonyl (C=O) groups is 2. The molecule has 1 unspecified atom stereocenters. The van der Waals surface area contributed by atoms with E-state index in [1.165, 1.54) is 6.08 Å². The van der Waals surface area contributed by atoms with Crippen molar-refractivity contribution in [2.75, 3.05) is 20.2 Å². The number of amides is 1. The zero-order valence-corrected chi connectivity index (χ0v) is 16.1. The van der Waals surface area contributed by atoms with Crippen molar-refractivity contribution in [1.82, 2.24) is 4.90 Å². The molecule has 0 radical (unpaired) electrons. The van der Waals surface area contributed by atoms with Crippen LogP contribution in [0.2, 0.25) is 0 Å². The van der Waals surface area contributed by atoms with Gasteiger partial charge in [-0.3, -0.25) is 9.59 Å². The van der Waals surface area contributed by atoms with E-state index in [1.807, 2.05) is 24.3 Å². The van der Waals surface area contributed by atoms with Gasteiger partial charge < -0.3 is 23.9 Å². The number of ether oxygens (including phenoxy) is 3. The number of methoxy groups -OCH3 is 1. The van der Waals surface area contributed by atoms with Crippen molar-refractivity contribution in [2.45, 2.75) is 43.4 Å². The molecule has 29 heavy (non-hydrogen) atoms. The van der Waals surface area contributed by atoms with Crippen molar-refractivity contribution < 1.29 is 28.6 Å². The summed E-state index contributed by atoms with van der Waals surface area (Å²) in [4.78, 5) is 32.7. The predicted molar refractivity (Wildman–Crippen MR) is 101 cm³/mol. The van der Waals surface area contributed by atoms with E-state index in [2.05, 4.69) is 5.16 Å². The van der Waals surface area contributed by atoms with Gasteiger partial charge >= 0.3 is 0 Å². The summed E-state index contributed by atoms with van der Waals surface area (Å²) in [5, 5.41) is 4.07. The lowest BCUT2D eigenvalue weighted by molar-refractivity contribution is -0.131. The number of fused-ring (bicyclic) bond motifs is 2. The third-order valence-corrected chi connectivity index (χ3v) is 5.90. The summed E-state index contributed by atoms with van der Waals surface area (Å²) in [6.45, 7) is 1.48. The Morgan fingerprint density at radius 3 is 2.69 bits per heavy atom. The molecule has 5 rings (SSSR count). The molecule has 0 bridgehead atoms. The molecular formula is C21H22N2O6. The first-order chi connectivity index (χ1) is 14.1. The van der Waals surface area contributed by atoms with Crippen molar-refractivity contribution in [3.63, 3.8) is 0 Å². The van der Waals surface area contributed by atoms with Crippen LogP contribution in [0.4, 0.5) is 0 Å². The summed E-state index contributed by atoms with van der Waals surface area (Å²) < 4.78 is 17.2. The first kappa shape index (κ1) is 18.3. The lowest BCUT2D eigenvalue weighted by Crippen LogP contribution is -2.52. The van der Waals surface area contributed by atoms with Crippen LogP contribution in [0.1, 0.15) is 31.1 Å². The smallest absolute Gasteiger partial charge is 0.271 e. The Morgan fingerprint density at radius 1 is 1.21 bits per heavy atom. The van der Waals surface area contributed by atoms with Crippen molar-refractivity contribution >= 4 is 17.4 Å². The van der Waals surface area contributed by atoms with Gasteiger partial charge in [-0.15, -0.1) is 0 Å². The highest BCUT2D eigenvalue weighted by atomic mass is 16.8. The lowest BCUT2D eigenvalue weighted by Gasteiger charge is -2.33. The summed E-state index contributed by atoms with van der Waals surface area (Å²) >= 11 is 0. The number of oxime groups is 1. The second-order valence-corrected chi connectivity index (χ2v) is 7.71. The maximum Gasteiger partial charge on any atom is 0.271 e. The minimum atomic E-state index is -1.01. The molecule has 1 spiro atoms. The first-order valence-electron chi connectivity index (χ1n) is 9.82. The molecule has 0 saturated carbocycles. The van der Waals surface area contributed by atoms with E-state index in [-0.39, 0.29) is 18.1 Å². The van der Waals surface area contributed by atoms with E-state index >= 15 is 0 Å². The summed E-state index contributed by atoms with van der Waals surface area (Å²) in [5.41, 5.74) is 0.126. The van der Waals surface area contributed by atoms with E-state index in [0.29, 0.717) is 5.71 Å². The van der Waals surface area contributed by atoms with Crippen molar-refractivity contribution in [3.05, 3.63) is 42.0 Å². The molecule has 8 heteroatoms. The van der Waals surface area contributed by atoms with Gasteiger partial charge in [0.2, 0.25) is 0 Å². The van der Waals surface area contributed by atoms with Gasteiger partial charge in [-0.2, -0.15) is 0 Å². The number of benzene rings is 1. The Labute approximate surface area is 168 Å². The molecule has 1 aliphatic carbocycles. The Balaban J connectivity index is 1.36. The molecule has 8 nitrogen and oxygen atoms in total. The molecule has 4 aliphatic rings. The fourth-order valence-corrected chi connectivity index (χ4v) is 4.29. The van der Waals surface area contributed by atoms with E-state index < -0.39 is 24.1 Å². The standard InChI is InChI=1S/C21H22N2O6/c1-26-14-6-4-13(5-7-14)20-27-17-16(24)8-9-21(18(17)28-20)12-15(22-29-21)19(25)23-10-2-3-11-23/h4-9,17-18,20H,2-3,10-12H2,1H3/t17-,18-,20?,21+/m0/s1. The number of likely N-dealkylation sites (tertiary alicyclic amines) is 1. The minimum Gasteiger partial charge on any atom is -0.497 e. The Kier molecular flexibility index (Phi) is 4.40. The molecule has 2 fully saturated rings. The van der Waals surface area contributed by atoms with Crippen molar-refractivity contribution in [2.24, 2.45) is 5.16 Å². The van der Waals surface area contributed by atoms with E-state index in [9.17, 15) is 9.59 Å². The average Bonchev–Trinajstić information content (AvgIpc) is 3.51. The van der Waals surface area contributed by atoms with Gasteiger partial charge in [0.05, 0.1) is 7.11 Å². The van der Waals surface area contributed by atoms with Crippen LogP contribution in [0.15, 0.2) is 41.6 Å². The SMILES string of the molecule is COc1ccc(C2O[C@H]3C(=O)C=C[C@@]4(CC(C(=O)N5CCCC5)=NO4)[C@H]3O2)cc1. The third kappa shape index (κ3) is 3.03. The van der Waals surface area contributed by atoms with Crippen molar-refractivity contribution in [3.8, 4) is 5.75 Å². The Bertz CT molecular complexity index is 889. The largest absolute Gasteiger partial charge is 0.497 e. The van der Waals surface area contributed by atoms with Crippen LogP contribution in [-0.2, 0) is 23.9 Å². The quantitative estimate of drug-likeness (QED) is 0.771. The van der Waals surface area contributed by atoms with Crippen LogP contribution in [0, 0.1) is 0 Å². The maximum atomic E-state index is 12.7. The van der Waals surface area contributed by atoms with E-state index in [4.69, 9.17) is 19.0 Å². The third-order valence-electron chi connectivity index (χ3n) is 5.90. The molecule has 2 saturated heterocycles. The van der Waals surface area contributed by atoms with Gasteiger partial charge in [-0.05, 0) is 37.1 Å².